The second-order valence-electron chi connectivity index (χ2n) is 9.38. The zero-order valence-electron chi connectivity index (χ0n) is 22.4. The van der Waals surface area contributed by atoms with E-state index >= 15 is 0 Å². The zero-order chi connectivity index (χ0) is 27.9. The molecule has 0 aliphatic heterocycles. The van der Waals surface area contributed by atoms with Crippen molar-refractivity contribution in [3.63, 3.8) is 0 Å². The Labute approximate surface area is 231 Å². The lowest BCUT2D eigenvalue weighted by atomic mass is 10.1. The molecule has 1 atom stereocenters. The summed E-state index contributed by atoms with van der Waals surface area (Å²) in [5, 5.41) is 19.0. The third-order valence-corrected chi connectivity index (χ3v) is 7.59. The minimum Gasteiger partial charge on any atom is -0.387 e. The van der Waals surface area contributed by atoms with Crippen LogP contribution >= 0.6 is 0 Å². The number of nitrogens with one attached hydrogen (secondary N) is 4. The van der Waals surface area contributed by atoms with Crippen LogP contribution in [-0.4, -0.2) is 44.2 Å². The summed E-state index contributed by atoms with van der Waals surface area (Å²) in [6.07, 6.45) is 9.01. The van der Waals surface area contributed by atoms with Gasteiger partial charge in [0.05, 0.1) is 11.0 Å². The molecule has 5 N–H and O–H groups in total. The Kier molecular flexibility index (Phi) is 12.2. The Bertz CT molecular complexity index is 1240. The molecule has 10 heteroatoms. The third kappa shape index (κ3) is 10.7. The number of rotatable bonds is 16. The number of amides is 2. The molecule has 0 radical (unpaired) electrons. The van der Waals surface area contributed by atoms with Crippen molar-refractivity contribution in [3.8, 4) is 0 Å². The molecule has 2 amide bonds. The van der Waals surface area contributed by atoms with Gasteiger partial charge in [-0.15, -0.1) is 0 Å². The van der Waals surface area contributed by atoms with Crippen LogP contribution in [0.1, 0.15) is 56.3 Å². The molecule has 9 nitrogen and oxygen atoms in total. The van der Waals surface area contributed by atoms with E-state index in [0.717, 1.165) is 30.4 Å². The largest absolute Gasteiger partial charge is 0.387 e. The Morgan fingerprint density at radius 3 is 2.33 bits per heavy atom. The van der Waals surface area contributed by atoms with Crippen LogP contribution in [0.2, 0.25) is 0 Å². The first-order chi connectivity index (χ1) is 18.9. The van der Waals surface area contributed by atoms with Crippen molar-refractivity contribution < 1.29 is 18.3 Å². The number of sulfonamides is 1. The van der Waals surface area contributed by atoms with Gasteiger partial charge in [0.2, 0.25) is 0 Å². The van der Waals surface area contributed by atoms with Crippen molar-refractivity contribution in [1.29, 1.82) is 0 Å². The van der Waals surface area contributed by atoms with Gasteiger partial charge in [0, 0.05) is 42.4 Å². The predicted molar refractivity (Wildman–Crippen MR) is 155 cm³/mol. The lowest BCUT2D eigenvalue weighted by Gasteiger charge is -2.12. The number of hydrogen-bond donors (Lipinski definition) is 5. The van der Waals surface area contributed by atoms with Crippen molar-refractivity contribution in [2.45, 2.75) is 56.4 Å². The van der Waals surface area contributed by atoms with E-state index in [-0.39, 0.29) is 10.9 Å². The number of aliphatic hydroxyl groups excluding tert-OH is 1. The van der Waals surface area contributed by atoms with Crippen molar-refractivity contribution in [2.24, 2.45) is 0 Å². The number of nitrogens with zero attached hydrogens (tertiary/aromatic N) is 1. The molecule has 2 aromatic carbocycles. The van der Waals surface area contributed by atoms with Crippen molar-refractivity contribution in [3.05, 3.63) is 84.2 Å². The van der Waals surface area contributed by atoms with Crippen LogP contribution in [0.5, 0.6) is 0 Å². The molecule has 0 aliphatic carbocycles. The fourth-order valence-electron chi connectivity index (χ4n) is 3.94. The third-order valence-electron chi connectivity index (χ3n) is 6.19. The zero-order valence-corrected chi connectivity index (χ0v) is 23.2. The fraction of sp³-hybridized carbons (Fsp3) is 0.379. The molecular weight excluding hydrogens is 514 g/mol. The van der Waals surface area contributed by atoms with Gasteiger partial charge >= 0.3 is 6.03 Å². The average molecular weight is 554 g/mol. The number of unbranched alkanes of at least 4 members (excludes halogenated alkanes) is 4. The van der Waals surface area contributed by atoms with Gasteiger partial charge in [-0.1, -0.05) is 50.8 Å². The molecule has 0 spiro atoms. The number of carbonyl (C=O) groups is 1. The monoisotopic (exact) mass is 553 g/mol. The molecule has 0 saturated carbocycles. The highest BCUT2D eigenvalue weighted by atomic mass is 32.2. The summed E-state index contributed by atoms with van der Waals surface area (Å²) in [5.41, 5.74) is 2.78. The highest BCUT2D eigenvalue weighted by Gasteiger charge is 2.14. The van der Waals surface area contributed by atoms with Gasteiger partial charge in [0.1, 0.15) is 0 Å². The Morgan fingerprint density at radius 1 is 0.923 bits per heavy atom. The molecule has 1 aromatic heterocycles. The first-order valence-corrected chi connectivity index (χ1v) is 14.9. The summed E-state index contributed by atoms with van der Waals surface area (Å²) in [7, 11) is -3.78. The van der Waals surface area contributed by atoms with E-state index in [1.165, 1.54) is 31.4 Å². The topological polar surface area (TPSA) is 132 Å². The molecule has 39 heavy (non-hydrogen) atoms. The van der Waals surface area contributed by atoms with Gasteiger partial charge in [0.15, 0.2) is 0 Å². The summed E-state index contributed by atoms with van der Waals surface area (Å²) in [6.45, 7) is 3.86. The number of pyridine rings is 1. The maximum Gasteiger partial charge on any atom is 0.319 e. The molecule has 3 rings (SSSR count). The second-order valence-corrected chi connectivity index (χ2v) is 11.1. The molecule has 210 valence electrons. The summed E-state index contributed by atoms with van der Waals surface area (Å²) >= 11 is 0. The number of benzene rings is 2. The quantitative estimate of drug-likeness (QED) is 0.161. The van der Waals surface area contributed by atoms with Crippen LogP contribution in [-0.2, 0) is 16.4 Å². The van der Waals surface area contributed by atoms with Crippen molar-refractivity contribution in [2.75, 3.05) is 29.7 Å². The molecular formula is C29H39N5O4S. The number of carbonyl (C=O) groups excluding carboxylic acids is 1. The van der Waals surface area contributed by atoms with E-state index < -0.39 is 16.1 Å². The lowest BCUT2D eigenvalue weighted by molar-refractivity contribution is 0.174. The van der Waals surface area contributed by atoms with Crippen molar-refractivity contribution in [1.82, 2.24) is 15.6 Å². The molecule has 0 bridgehead atoms. The van der Waals surface area contributed by atoms with Crippen LogP contribution < -0.4 is 20.7 Å². The number of aliphatic hydroxyl groups is 1. The molecule has 0 fully saturated rings. The summed E-state index contributed by atoms with van der Waals surface area (Å²) < 4.78 is 28.2. The molecule has 1 heterocycles. The summed E-state index contributed by atoms with van der Waals surface area (Å²) in [5.74, 6) is 0. The molecule has 0 saturated heterocycles. The van der Waals surface area contributed by atoms with Crippen LogP contribution in [0, 0.1) is 0 Å². The van der Waals surface area contributed by atoms with Gasteiger partial charge in [-0.3, -0.25) is 9.71 Å². The minimum atomic E-state index is -3.78. The van der Waals surface area contributed by atoms with Crippen molar-refractivity contribution >= 4 is 27.4 Å². The predicted octanol–water partition coefficient (Wildman–Crippen LogP) is 4.84. The fourth-order valence-corrected chi connectivity index (χ4v) is 5.00. The Morgan fingerprint density at radius 2 is 1.64 bits per heavy atom. The SMILES string of the molecule is CCCCCCCNC(=O)Nc1ccc(S(=O)(=O)Nc2ccc(CCNCC(O)c3cccnc3)cc2)cc1. The summed E-state index contributed by atoms with van der Waals surface area (Å²) in [4.78, 5) is 16.2. The minimum absolute atomic E-state index is 0.102. The van der Waals surface area contributed by atoms with Crippen LogP contribution in [0.15, 0.2) is 78.0 Å². The van der Waals surface area contributed by atoms with E-state index in [9.17, 15) is 18.3 Å². The normalized spacial score (nSPS) is 12.1. The number of anilines is 2. The summed E-state index contributed by atoms with van der Waals surface area (Å²) in [6, 6.07) is 16.6. The van der Waals surface area contributed by atoms with Gasteiger partial charge < -0.3 is 21.1 Å². The molecule has 3 aromatic rings. The smallest absolute Gasteiger partial charge is 0.319 e. The van der Waals surface area contributed by atoms with Gasteiger partial charge in [-0.2, -0.15) is 0 Å². The first kappa shape index (κ1) is 30.1. The Balaban J connectivity index is 1.41. The maximum atomic E-state index is 12.8. The van der Waals surface area contributed by atoms with Gasteiger partial charge in [-0.05, 0) is 67.4 Å². The van der Waals surface area contributed by atoms with E-state index in [1.807, 2.05) is 18.2 Å². The van der Waals surface area contributed by atoms with E-state index in [4.69, 9.17) is 0 Å². The standard InChI is InChI=1S/C29H39N5O4S/c1-2-3-4-5-6-19-32-29(36)33-25-13-15-27(16-14-25)39(37,38)34-26-11-9-23(10-12-26)17-20-31-22-28(35)24-8-7-18-30-21-24/h7-16,18,21,28,31,34-35H,2-6,17,19-20,22H2,1H3,(H2,32,33,36). The highest BCUT2D eigenvalue weighted by molar-refractivity contribution is 7.92. The number of aromatic nitrogens is 1. The lowest BCUT2D eigenvalue weighted by Crippen LogP contribution is -2.29. The molecule has 0 aliphatic rings. The van der Waals surface area contributed by atoms with E-state index in [1.54, 1.807) is 42.7 Å². The van der Waals surface area contributed by atoms with Crippen LogP contribution in [0.3, 0.4) is 0 Å². The van der Waals surface area contributed by atoms with E-state index in [0.29, 0.717) is 31.0 Å². The van der Waals surface area contributed by atoms with Crippen LogP contribution in [0.25, 0.3) is 0 Å². The maximum absolute atomic E-state index is 12.8. The van der Waals surface area contributed by atoms with Crippen LogP contribution in [0.4, 0.5) is 16.2 Å². The first-order valence-electron chi connectivity index (χ1n) is 13.4. The Hall–Kier alpha value is -3.47. The van der Waals surface area contributed by atoms with Gasteiger partial charge in [-0.25, -0.2) is 13.2 Å². The highest BCUT2D eigenvalue weighted by Crippen LogP contribution is 2.19. The van der Waals surface area contributed by atoms with E-state index in [2.05, 4.69) is 32.6 Å². The number of hydrogen-bond acceptors (Lipinski definition) is 6. The average Bonchev–Trinajstić information content (AvgIpc) is 2.94. The number of urea groups is 1. The molecule has 1 unspecified atom stereocenters. The second kappa shape index (κ2) is 15.8. The van der Waals surface area contributed by atoms with Gasteiger partial charge in [0.25, 0.3) is 10.0 Å².